The minimum absolute atomic E-state index is 0.0756. The highest BCUT2D eigenvalue weighted by atomic mass is 16.2. The summed E-state index contributed by atoms with van der Waals surface area (Å²) >= 11 is 0. The first-order valence-corrected chi connectivity index (χ1v) is 8.55. The number of likely N-dealkylation sites (N-methyl/N-ethyl adjacent to an activating group) is 1. The molecule has 3 fully saturated rings. The largest absolute Gasteiger partial charge is 0.344 e. The zero-order valence-electron chi connectivity index (χ0n) is 13.5. The fourth-order valence-electron chi connectivity index (χ4n) is 5.82. The van der Waals surface area contributed by atoms with E-state index < -0.39 is 0 Å². The van der Waals surface area contributed by atoms with Gasteiger partial charge in [0.15, 0.2) is 0 Å². The van der Waals surface area contributed by atoms with Crippen molar-refractivity contribution < 1.29 is 9.28 Å². The van der Waals surface area contributed by atoms with Gasteiger partial charge >= 0.3 is 0 Å². The van der Waals surface area contributed by atoms with Crippen LogP contribution in [0.15, 0.2) is 0 Å². The topological polar surface area (TPSA) is 29.1 Å². The molecule has 2 aliphatic carbocycles. The average molecular weight is 279 g/mol. The molecule has 0 aromatic carbocycles. The number of carbonyl (C=O) groups excluding carboxylic acids is 1. The van der Waals surface area contributed by atoms with Crippen molar-refractivity contribution in [3.8, 4) is 0 Å². The van der Waals surface area contributed by atoms with Crippen molar-refractivity contribution in [1.82, 2.24) is 5.32 Å². The number of carbonyl (C=O) groups is 1. The predicted octanol–water partition coefficient (Wildman–Crippen LogP) is 2.84. The van der Waals surface area contributed by atoms with E-state index in [9.17, 15) is 4.79 Å². The van der Waals surface area contributed by atoms with E-state index in [1.165, 1.54) is 51.4 Å². The molecule has 0 aromatic heterocycles. The second kappa shape index (κ2) is 4.72. The summed E-state index contributed by atoms with van der Waals surface area (Å²) < 4.78 is 0.929. The molecule has 0 radical (unpaired) electrons. The molecule has 0 bridgehead atoms. The summed E-state index contributed by atoms with van der Waals surface area (Å²) in [5.41, 5.74) is 0.0127. The van der Waals surface area contributed by atoms with Crippen LogP contribution in [0, 0.1) is 5.41 Å². The van der Waals surface area contributed by atoms with Gasteiger partial charge in [0, 0.05) is 0 Å². The Balaban J connectivity index is 2.03. The summed E-state index contributed by atoms with van der Waals surface area (Å²) in [6.45, 7) is 0. The number of hydrogen-bond acceptors (Lipinski definition) is 1. The quantitative estimate of drug-likeness (QED) is 0.735. The van der Waals surface area contributed by atoms with Crippen LogP contribution in [-0.2, 0) is 4.79 Å². The maximum atomic E-state index is 13.0. The molecule has 1 amide bonds. The third kappa shape index (κ3) is 2.01. The normalized spacial score (nSPS) is 32.5. The Bertz CT molecular complexity index is 384. The van der Waals surface area contributed by atoms with Gasteiger partial charge in [0.2, 0.25) is 5.91 Å². The molecule has 1 atom stereocenters. The minimum atomic E-state index is -0.0756. The molecule has 3 nitrogen and oxygen atoms in total. The van der Waals surface area contributed by atoms with Gasteiger partial charge in [-0.05, 0) is 25.7 Å². The van der Waals surface area contributed by atoms with Crippen molar-refractivity contribution in [2.75, 3.05) is 21.1 Å². The van der Waals surface area contributed by atoms with E-state index in [4.69, 9.17) is 0 Å². The van der Waals surface area contributed by atoms with Crippen molar-refractivity contribution in [3.63, 3.8) is 0 Å². The molecule has 3 heteroatoms. The second-order valence-electron chi connectivity index (χ2n) is 8.41. The SMILES string of the molecule is C[N+](C)(C)[C@H]1C2(CCCCC2)NC(=O)C12CCCCC2. The van der Waals surface area contributed by atoms with Crippen molar-refractivity contribution in [3.05, 3.63) is 0 Å². The number of nitrogens with one attached hydrogen (secondary N) is 1. The Labute approximate surface area is 123 Å². The molecule has 2 saturated carbocycles. The van der Waals surface area contributed by atoms with Gasteiger partial charge in [-0.25, -0.2) is 0 Å². The highest BCUT2D eigenvalue weighted by molar-refractivity contribution is 5.87. The third-order valence-electron chi connectivity index (χ3n) is 6.13. The van der Waals surface area contributed by atoms with E-state index in [0.29, 0.717) is 11.9 Å². The van der Waals surface area contributed by atoms with Crippen molar-refractivity contribution in [2.24, 2.45) is 5.41 Å². The average Bonchev–Trinajstić information content (AvgIpc) is 2.60. The second-order valence-corrected chi connectivity index (χ2v) is 8.41. The molecular formula is C17H31N2O+. The van der Waals surface area contributed by atoms with Gasteiger partial charge in [-0.1, -0.05) is 38.5 Å². The third-order valence-corrected chi connectivity index (χ3v) is 6.13. The van der Waals surface area contributed by atoms with Crippen LogP contribution in [0.3, 0.4) is 0 Å². The maximum Gasteiger partial charge on any atom is 0.232 e. The van der Waals surface area contributed by atoms with E-state index in [0.717, 1.165) is 17.3 Å². The summed E-state index contributed by atoms with van der Waals surface area (Å²) in [6.07, 6.45) is 12.3. The summed E-state index contributed by atoms with van der Waals surface area (Å²) in [5, 5.41) is 3.53. The van der Waals surface area contributed by atoms with Crippen LogP contribution in [-0.4, -0.2) is 43.1 Å². The zero-order valence-corrected chi connectivity index (χ0v) is 13.5. The molecular weight excluding hydrogens is 248 g/mol. The van der Waals surface area contributed by atoms with E-state index >= 15 is 0 Å². The van der Waals surface area contributed by atoms with Gasteiger partial charge < -0.3 is 9.80 Å². The van der Waals surface area contributed by atoms with Crippen LogP contribution in [0.2, 0.25) is 0 Å². The number of quaternary nitrogens is 1. The lowest BCUT2D eigenvalue weighted by atomic mass is 9.62. The first-order valence-electron chi connectivity index (χ1n) is 8.55. The van der Waals surface area contributed by atoms with Gasteiger partial charge in [-0.3, -0.25) is 4.79 Å². The molecule has 1 heterocycles. The van der Waals surface area contributed by atoms with Crippen molar-refractivity contribution in [1.29, 1.82) is 0 Å². The van der Waals surface area contributed by atoms with Crippen LogP contribution in [0.4, 0.5) is 0 Å². The smallest absolute Gasteiger partial charge is 0.232 e. The Morgan fingerprint density at radius 2 is 1.40 bits per heavy atom. The molecule has 114 valence electrons. The summed E-state index contributed by atoms with van der Waals surface area (Å²) in [6, 6.07) is 0.461. The van der Waals surface area contributed by atoms with Gasteiger partial charge in [0.05, 0.1) is 26.7 Å². The van der Waals surface area contributed by atoms with Crippen LogP contribution < -0.4 is 5.32 Å². The first kappa shape index (κ1) is 14.4. The van der Waals surface area contributed by atoms with E-state index in [1.54, 1.807) is 0 Å². The summed E-state index contributed by atoms with van der Waals surface area (Å²) in [4.78, 5) is 13.0. The van der Waals surface area contributed by atoms with E-state index in [-0.39, 0.29) is 11.0 Å². The van der Waals surface area contributed by atoms with Gasteiger partial charge in [-0.2, -0.15) is 0 Å². The van der Waals surface area contributed by atoms with Gasteiger partial charge in [-0.15, -0.1) is 0 Å². The number of nitrogens with zero attached hydrogens (tertiary/aromatic N) is 1. The van der Waals surface area contributed by atoms with Crippen molar-refractivity contribution in [2.45, 2.75) is 75.8 Å². The first-order chi connectivity index (χ1) is 9.41. The molecule has 20 heavy (non-hydrogen) atoms. The monoisotopic (exact) mass is 279 g/mol. The zero-order chi connectivity index (χ0) is 14.4. The van der Waals surface area contributed by atoms with Crippen LogP contribution in [0.1, 0.15) is 64.2 Å². The lowest BCUT2D eigenvalue weighted by Gasteiger charge is -2.50. The Morgan fingerprint density at radius 1 is 0.900 bits per heavy atom. The predicted molar refractivity (Wildman–Crippen MR) is 81.3 cm³/mol. The molecule has 1 aliphatic heterocycles. The van der Waals surface area contributed by atoms with Crippen molar-refractivity contribution >= 4 is 5.91 Å². The Kier molecular flexibility index (Phi) is 3.39. The summed E-state index contributed by atoms with van der Waals surface area (Å²) in [7, 11) is 6.91. The van der Waals surface area contributed by atoms with E-state index in [2.05, 4.69) is 26.5 Å². The Hall–Kier alpha value is -0.570. The molecule has 1 saturated heterocycles. The number of amides is 1. The molecule has 0 unspecified atom stereocenters. The van der Waals surface area contributed by atoms with E-state index in [1.807, 2.05) is 0 Å². The Morgan fingerprint density at radius 3 is 1.90 bits per heavy atom. The lowest BCUT2D eigenvalue weighted by molar-refractivity contribution is -0.906. The highest BCUT2D eigenvalue weighted by Gasteiger charge is 2.67. The molecule has 1 N–H and O–H groups in total. The minimum Gasteiger partial charge on any atom is -0.344 e. The maximum absolute atomic E-state index is 13.0. The molecule has 2 spiro atoms. The highest BCUT2D eigenvalue weighted by Crippen LogP contribution is 2.54. The fourth-order valence-corrected chi connectivity index (χ4v) is 5.82. The standard InChI is InChI=1S/C17H30N2O/c1-19(2,3)14-16(10-6-4-7-11-16)15(20)18-17(14)12-8-5-9-13-17/h14H,4-13H2,1-3H3/p+1/t14-/m1/s1. The number of hydrogen-bond donors (Lipinski definition) is 1. The molecule has 0 aromatic rings. The van der Waals surface area contributed by atoms with Gasteiger partial charge in [0.1, 0.15) is 11.5 Å². The summed E-state index contributed by atoms with van der Waals surface area (Å²) in [5.74, 6) is 0.386. The van der Waals surface area contributed by atoms with Gasteiger partial charge in [0.25, 0.3) is 0 Å². The molecule has 3 aliphatic rings. The fraction of sp³-hybridized carbons (Fsp3) is 0.941. The lowest BCUT2D eigenvalue weighted by Crippen LogP contribution is -2.64. The number of rotatable bonds is 1. The van der Waals surface area contributed by atoms with Crippen LogP contribution in [0.25, 0.3) is 0 Å². The van der Waals surface area contributed by atoms with Crippen LogP contribution >= 0.6 is 0 Å². The van der Waals surface area contributed by atoms with Crippen LogP contribution in [0.5, 0.6) is 0 Å². The molecule has 3 rings (SSSR count).